The number of nitrogens with one attached hydrogen (secondary N) is 1. The zero-order chi connectivity index (χ0) is 18.8. The second kappa shape index (κ2) is 7.54. The lowest BCUT2D eigenvalue weighted by Crippen LogP contribution is -2.44. The molecule has 2 heterocycles. The van der Waals surface area contributed by atoms with Crippen molar-refractivity contribution in [2.45, 2.75) is 0 Å². The minimum absolute atomic E-state index is 0.138. The van der Waals surface area contributed by atoms with Crippen LogP contribution in [0.1, 0.15) is 10.4 Å². The zero-order valence-electron chi connectivity index (χ0n) is 15.4. The van der Waals surface area contributed by atoms with Crippen molar-refractivity contribution in [3.05, 3.63) is 48.0 Å². The molecule has 27 heavy (non-hydrogen) atoms. The fraction of sp³-hybridized carbons (Fsp3) is 0.300. The number of carbonyl (C=O) groups excluding carboxylic acids is 1. The standard InChI is InChI=1S/C20H22N4O2S/c1-23-9-11-24(12-10-23)20-22-17-8-5-15(13-18(17)27-20)21-19(25)14-3-6-16(26-2)7-4-14/h3-8,13H,9-12H2,1-2H3,(H,21,25). The third kappa shape index (κ3) is 3.89. The SMILES string of the molecule is COc1ccc(C(=O)Nc2ccc3nc(N4CCN(C)CC4)sc3c2)cc1. The molecule has 0 aliphatic carbocycles. The number of aromatic nitrogens is 1. The number of anilines is 2. The molecular weight excluding hydrogens is 360 g/mol. The number of likely N-dealkylation sites (N-methyl/N-ethyl adjacent to an activating group) is 1. The molecule has 140 valence electrons. The average molecular weight is 382 g/mol. The van der Waals surface area contributed by atoms with E-state index in [9.17, 15) is 4.79 Å². The lowest BCUT2D eigenvalue weighted by atomic mass is 10.2. The molecule has 1 amide bonds. The van der Waals surface area contributed by atoms with Crippen molar-refractivity contribution in [1.29, 1.82) is 0 Å². The van der Waals surface area contributed by atoms with E-state index >= 15 is 0 Å². The third-order valence-corrected chi connectivity index (χ3v) is 5.84. The van der Waals surface area contributed by atoms with Gasteiger partial charge in [-0.3, -0.25) is 4.79 Å². The summed E-state index contributed by atoms with van der Waals surface area (Å²) in [6.45, 7) is 4.10. The molecule has 1 N–H and O–H groups in total. The summed E-state index contributed by atoms with van der Waals surface area (Å²) in [5.74, 6) is 0.592. The van der Waals surface area contributed by atoms with Crippen LogP contribution in [-0.2, 0) is 0 Å². The molecule has 0 unspecified atom stereocenters. The van der Waals surface area contributed by atoms with Gasteiger partial charge in [0.1, 0.15) is 5.75 Å². The van der Waals surface area contributed by atoms with Gasteiger partial charge in [0.25, 0.3) is 5.91 Å². The number of piperazine rings is 1. The van der Waals surface area contributed by atoms with Crippen molar-refractivity contribution < 1.29 is 9.53 Å². The molecule has 4 rings (SSSR count). The van der Waals surface area contributed by atoms with Gasteiger partial charge in [-0.25, -0.2) is 4.98 Å². The van der Waals surface area contributed by atoms with E-state index in [1.165, 1.54) is 0 Å². The van der Waals surface area contributed by atoms with E-state index in [1.54, 1.807) is 42.7 Å². The molecule has 0 saturated carbocycles. The van der Waals surface area contributed by atoms with E-state index in [0.29, 0.717) is 5.56 Å². The van der Waals surface area contributed by atoms with Gasteiger partial charge in [0.15, 0.2) is 5.13 Å². The van der Waals surface area contributed by atoms with Gasteiger partial charge in [0.2, 0.25) is 0 Å². The van der Waals surface area contributed by atoms with Crippen LogP contribution in [0.3, 0.4) is 0 Å². The Labute approximate surface area is 162 Å². The van der Waals surface area contributed by atoms with E-state index in [0.717, 1.165) is 53.0 Å². The maximum Gasteiger partial charge on any atom is 0.255 e. The van der Waals surface area contributed by atoms with Crippen LogP contribution in [0.15, 0.2) is 42.5 Å². The topological polar surface area (TPSA) is 57.7 Å². The van der Waals surface area contributed by atoms with E-state index < -0.39 is 0 Å². The third-order valence-electron chi connectivity index (χ3n) is 4.76. The van der Waals surface area contributed by atoms with Gasteiger partial charge in [-0.05, 0) is 49.5 Å². The highest BCUT2D eigenvalue weighted by Gasteiger charge is 2.18. The summed E-state index contributed by atoms with van der Waals surface area (Å²) in [4.78, 5) is 21.9. The zero-order valence-corrected chi connectivity index (χ0v) is 16.3. The highest BCUT2D eigenvalue weighted by atomic mass is 32.1. The Bertz CT molecular complexity index is 946. The maximum absolute atomic E-state index is 12.5. The summed E-state index contributed by atoms with van der Waals surface area (Å²) in [5, 5.41) is 4.01. The van der Waals surface area contributed by atoms with Crippen LogP contribution in [0.4, 0.5) is 10.8 Å². The molecule has 3 aromatic rings. The average Bonchev–Trinajstić information content (AvgIpc) is 3.12. The number of thiazole rings is 1. The molecule has 1 aromatic heterocycles. The number of ether oxygens (including phenoxy) is 1. The molecular formula is C20H22N4O2S. The van der Waals surface area contributed by atoms with Crippen LogP contribution in [0, 0.1) is 0 Å². The fourth-order valence-corrected chi connectivity index (χ4v) is 4.13. The molecule has 1 aliphatic rings. The normalized spacial score (nSPS) is 15.1. The van der Waals surface area contributed by atoms with Crippen molar-refractivity contribution in [2.75, 3.05) is 50.6 Å². The monoisotopic (exact) mass is 382 g/mol. The van der Waals surface area contributed by atoms with Gasteiger partial charge >= 0.3 is 0 Å². The van der Waals surface area contributed by atoms with Crippen molar-refractivity contribution >= 4 is 38.3 Å². The van der Waals surface area contributed by atoms with Gasteiger partial charge in [-0.2, -0.15) is 0 Å². The Balaban J connectivity index is 1.50. The smallest absolute Gasteiger partial charge is 0.255 e. The second-order valence-electron chi connectivity index (χ2n) is 6.65. The summed E-state index contributed by atoms with van der Waals surface area (Å²) >= 11 is 1.68. The highest BCUT2D eigenvalue weighted by molar-refractivity contribution is 7.22. The van der Waals surface area contributed by atoms with Crippen molar-refractivity contribution in [2.24, 2.45) is 0 Å². The summed E-state index contributed by atoms with van der Waals surface area (Å²) < 4.78 is 6.21. The molecule has 1 aliphatic heterocycles. The Morgan fingerprint density at radius 3 is 2.56 bits per heavy atom. The summed E-state index contributed by atoms with van der Waals surface area (Å²) in [7, 11) is 3.75. The van der Waals surface area contributed by atoms with E-state index in [2.05, 4.69) is 22.2 Å². The first-order valence-corrected chi connectivity index (χ1v) is 9.73. The Kier molecular flexibility index (Phi) is 4.96. The molecule has 1 saturated heterocycles. The van der Waals surface area contributed by atoms with E-state index in [4.69, 9.17) is 9.72 Å². The second-order valence-corrected chi connectivity index (χ2v) is 7.66. The summed E-state index contributed by atoms with van der Waals surface area (Å²) in [6, 6.07) is 12.9. The largest absolute Gasteiger partial charge is 0.497 e. The minimum Gasteiger partial charge on any atom is -0.497 e. The first-order valence-electron chi connectivity index (χ1n) is 8.92. The van der Waals surface area contributed by atoms with Gasteiger partial charge < -0.3 is 19.9 Å². The molecule has 6 nitrogen and oxygen atoms in total. The predicted octanol–water partition coefficient (Wildman–Crippen LogP) is 3.31. The van der Waals surface area contributed by atoms with Crippen molar-refractivity contribution in [3.63, 3.8) is 0 Å². The van der Waals surface area contributed by atoms with Crippen LogP contribution in [0.5, 0.6) is 5.75 Å². The quantitative estimate of drug-likeness (QED) is 0.750. The van der Waals surface area contributed by atoms with Crippen molar-refractivity contribution in [1.82, 2.24) is 9.88 Å². The first-order chi connectivity index (χ1) is 13.1. The van der Waals surface area contributed by atoms with Crippen LogP contribution in [0.2, 0.25) is 0 Å². The molecule has 2 aromatic carbocycles. The van der Waals surface area contributed by atoms with Crippen LogP contribution < -0.4 is 15.0 Å². The van der Waals surface area contributed by atoms with E-state index in [1.807, 2.05) is 18.2 Å². The van der Waals surface area contributed by atoms with Gasteiger partial charge in [-0.1, -0.05) is 11.3 Å². The van der Waals surface area contributed by atoms with Crippen LogP contribution >= 0.6 is 11.3 Å². The van der Waals surface area contributed by atoms with Crippen LogP contribution in [-0.4, -0.2) is 56.1 Å². The van der Waals surface area contributed by atoms with Crippen LogP contribution in [0.25, 0.3) is 10.2 Å². The lowest BCUT2D eigenvalue weighted by molar-refractivity contribution is 0.102. The highest BCUT2D eigenvalue weighted by Crippen LogP contribution is 2.31. The fourth-order valence-electron chi connectivity index (χ4n) is 3.07. The number of hydrogen-bond donors (Lipinski definition) is 1. The molecule has 0 spiro atoms. The number of benzene rings is 2. The predicted molar refractivity (Wildman–Crippen MR) is 110 cm³/mol. The maximum atomic E-state index is 12.5. The number of carbonyl (C=O) groups is 1. The lowest BCUT2D eigenvalue weighted by Gasteiger charge is -2.31. The number of fused-ring (bicyclic) bond motifs is 1. The Morgan fingerprint density at radius 1 is 1.11 bits per heavy atom. The molecule has 7 heteroatoms. The summed E-state index contributed by atoms with van der Waals surface area (Å²) in [6.07, 6.45) is 0. The molecule has 1 fully saturated rings. The molecule has 0 bridgehead atoms. The van der Waals surface area contributed by atoms with Gasteiger partial charge in [-0.15, -0.1) is 0 Å². The Hall–Kier alpha value is -2.64. The minimum atomic E-state index is -0.138. The summed E-state index contributed by atoms with van der Waals surface area (Å²) in [5.41, 5.74) is 2.34. The molecule has 0 radical (unpaired) electrons. The number of methoxy groups -OCH3 is 1. The van der Waals surface area contributed by atoms with Gasteiger partial charge in [0.05, 0.1) is 17.3 Å². The van der Waals surface area contributed by atoms with Gasteiger partial charge in [0, 0.05) is 37.4 Å². The number of nitrogens with zero attached hydrogens (tertiary/aromatic N) is 3. The number of amides is 1. The van der Waals surface area contributed by atoms with E-state index in [-0.39, 0.29) is 5.91 Å². The number of rotatable bonds is 4. The number of hydrogen-bond acceptors (Lipinski definition) is 6. The van der Waals surface area contributed by atoms with Crippen molar-refractivity contribution in [3.8, 4) is 5.75 Å². The molecule has 0 atom stereocenters. The first kappa shape index (κ1) is 17.8. The Morgan fingerprint density at radius 2 is 1.85 bits per heavy atom.